The second kappa shape index (κ2) is 12.3. The van der Waals surface area contributed by atoms with Crippen LogP contribution in [0.3, 0.4) is 0 Å². The fourth-order valence-electron chi connectivity index (χ4n) is 2.61. The molecule has 0 fully saturated rings. The highest BCUT2D eigenvalue weighted by molar-refractivity contribution is 7.98. The molecule has 0 aliphatic rings. The van der Waals surface area contributed by atoms with Gasteiger partial charge in [0.15, 0.2) is 6.61 Å². The van der Waals surface area contributed by atoms with Crippen LogP contribution in [0.2, 0.25) is 0 Å². The predicted octanol–water partition coefficient (Wildman–Crippen LogP) is 5.37. The minimum atomic E-state index is -0.983. The van der Waals surface area contributed by atoms with E-state index in [1.54, 1.807) is 23.9 Å². The standard InChI is InChI=1S/C17H19NO3S.C6H5FS/c1-18-10-12-6-7-16(21-11-17(19)20)15(8-12)13-4-3-5-14(9-13)22-2;7-5-1-3-6(8)4-2-5/h3-9,18H,10-11H2,1-2H3,(H,19,20);1-4,8H. The Balaban J connectivity index is 0.000000335. The molecule has 0 saturated carbocycles. The SMILES string of the molecule is CNCc1ccc(OCC(=O)O)c(-c2cccc(SC)c2)c1.Fc1ccc(S)cc1. The van der Waals surface area contributed by atoms with E-state index in [2.05, 4.69) is 24.0 Å². The minimum absolute atomic E-state index is 0.220. The first-order valence-electron chi connectivity index (χ1n) is 9.14. The molecule has 3 aromatic rings. The summed E-state index contributed by atoms with van der Waals surface area (Å²) in [6.07, 6.45) is 2.03. The van der Waals surface area contributed by atoms with Crippen molar-refractivity contribution in [3.8, 4) is 16.9 Å². The molecule has 0 aliphatic heterocycles. The number of halogens is 1. The molecule has 3 aromatic carbocycles. The van der Waals surface area contributed by atoms with Crippen LogP contribution in [-0.2, 0) is 11.3 Å². The summed E-state index contributed by atoms with van der Waals surface area (Å²) in [6.45, 7) is 0.398. The second-order valence-corrected chi connectivity index (χ2v) is 7.65. The number of hydrogen-bond donors (Lipinski definition) is 3. The number of thiol groups is 1. The second-order valence-electron chi connectivity index (χ2n) is 6.25. The molecule has 30 heavy (non-hydrogen) atoms. The van der Waals surface area contributed by atoms with Crippen LogP contribution < -0.4 is 10.1 Å². The number of nitrogens with one attached hydrogen (secondary N) is 1. The summed E-state index contributed by atoms with van der Waals surface area (Å²) < 4.78 is 17.5. The lowest BCUT2D eigenvalue weighted by molar-refractivity contribution is -0.139. The highest BCUT2D eigenvalue weighted by atomic mass is 32.2. The van der Waals surface area contributed by atoms with Gasteiger partial charge in [0.2, 0.25) is 0 Å². The van der Waals surface area contributed by atoms with Crippen LogP contribution in [0.4, 0.5) is 4.39 Å². The van der Waals surface area contributed by atoms with Crippen LogP contribution in [-0.4, -0.2) is 31.0 Å². The average molecular weight is 446 g/mol. The largest absolute Gasteiger partial charge is 0.481 e. The summed E-state index contributed by atoms with van der Waals surface area (Å²) in [7, 11) is 1.89. The lowest BCUT2D eigenvalue weighted by Crippen LogP contribution is -2.10. The molecule has 3 rings (SSSR count). The highest BCUT2D eigenvalue weighted by Gasteiger charge is 2.10. The number of aliphatic carboxylic acids is 1. The Morgan fingerprint density at radius 2 is 1.87 bits per heavy atom. The molecule has 0 heterocycles. The van der Waals surface area contributed by atoms with Crippen LogP contribution in [0.25, 0.3) is 11.1 Å². The van der Waals surface area contributed by atoms with Crippen molar-refractivity contribution in [1.29, 1.82) is 0 Å². The normalized spacial score (nSPS) is 10.1. The molecule has 0 bridgehead atoms. The fraction of sp³-hybridized carbons (Fsp3) is 0.174. The van der Waals surface area contributed by atoms with Gasteiger partial charge in [-0.05, 0) is 73.0 Å². The van der Waals surface area contributed by atoms with Gasteiger partial charge in [0.25, 0.3) is 0 Å². The van der Waals surface area contributed by atoms with Crippen LogP contribution in [0.5, 0.6) is 5.75 Å². The van der Waals surface area contributed by atoms with Gasteiger partial charge in [-0.2, -0.15) is 0 Å². The Kier molecular flexibility index (Phi) is 9.73. The topological polar surface area (TPSA) is 58.6 Å². The van der Waals surface area contributed by atoms with E-state index in [4.69, 9.17) is 9.84 Å². The molecule has 7 heteroatoms. The molecular formula is C23H24FNO3S2. The third-order valence-electron chi connectivity index (χ3n) is 3.98. The summed E-state index contributed by atoms with van der Waals surface area (Å²) in [5.41, 5.74) is 3.05. The maximum absolute atomic E-state index is 12.1. The lowest BCUT2D eigenvalue weighted by Gasteiger charge is -2.13. The van der Waals surface area contributed by atoms with E-state index in [0.29, 0.717) is 5.75 Å². The van der Waals surface area contributed by atoms with Gasteiger partial charge in [-0.3, -0.25) is 0 Å². The zero-order valence-electron chi connectivity index (χ0n) is 16.8. The number of carboxylic acid groups (broad SMARTS) is 1. The van der Waals surface area contributed by atoms with Gasteiger partial charge >= 0.3 is 5.97 Å². The Morgan fingerprint density at radius 1 is 1.13 bits per heavy atom. The molecule has 0 spiro atoms. The summed E-state index contributed by atoms with van der Waals surface area (Å²) in [4.78, 5) is 12.7. The van der Waals surface area contributed by atoms with Crippen molar-refractivity contribution in [2.45, 2.75) is 16.3 Å². The molecular weight excluding hydrogens is 421 g/mol. The van der Waals surface area contributed by atoms with E-state index in [9.17, 15) is 9.18 Å². The van der Waals surface area contributed by atoms with E-state index in [0.717, 1.165) is 33.0 Å². The number of rotatable bonds is 7. The smallest absolute Gasteiger partial charge is 0.341 e. The Bertz CT molecular complexity index is 944. The Morgan fingerprint density at radius 3 is 2.47 bits per heavy atom. The van der Waals surface area contributed by atoms with Gasteiger partial charge in [-0.15, -0.1) is 24.4 Å². The summed E-state index contributed by atoms with van der Waals surface area (Å²) in [5.74, 6) is -0.619. The summed E-state index contributed by atoms with van der Waals surface area (Å²) in [6, 6.07) is 19.9. The van der Waals surface area contributed by atoms with E-state index >= 15 is 0 Å². The van der Waals surface area contributed by atoms with E-state index in [-0.39, 0.29) is 12.4 Å². The average Bonchev–Trinajstić information content (AvgIpc) is 2.75. The molecule has 0 amide bonds. The Hall–Kier alpha value is -2.48. The van der Waals surface area contributed by atoms with E-state index in [1.165, 1.54) is 12.1 Å². The lowest BCUT2D eigenvalue weighted by atomic mass is 10.0. The van der Waals surface area contributed by atoms with Crippen molar-refractivity contribution in [3.63, 3.8) is 0 Å². The van der Waals surface area contributed by atoms with E-state index < -0.39 is 5.97 Å². The van der Waals surface area contributed by atoms with Crippen LogP contribution in [0.15, 0.2) is 76.5 Å². The molecule has 0 radical (unpaired) electrons. The molecule has 4 nitrogen and oxygen atoms in total. The predicted molar refractivity (Wildman–Crippen MR) is 123 cm³/mol. The zero-order chi connectivity index (χ0) is 21.9. The molecule has 0 atom stereocenters. The number of benzene rings is 3. The molecule has 0 saturated heterocycles. The first-order valence-corrected chi connectivity index (χ1v) is 10.8. The van der Waals surface area contributed by atoms with Gasteiger partial charge in [-0.1, -0.05) is 18.2 Å². The van der Waals surface area contributed by atoms with Gasteiger partial charge in [0, 0.05) is 21.9 Å². The number of carboxylic acids is 1. The molecule has 0 unspecified atom stereocenters. The maximum atomic E-state index is 12.1. The van der Waals surface area contributed by atoms with Crippen molar-refractivity contribution in [1.82, 2.24) is 5.32 Å². The first kappa shape index (κ1) is 23.8. The van der Waals surface area contributed by atoms with Gasteiger partial charge in [0.05, 0.1) is 0 Å². The summed E-state index contributed by atoms with van der Waals surface area (Å²) in [5, 5.41) is 11.9. The third-order valence-corrected chi connectivity index (χ3v) is 5.01. The van der Waals surface area contributed by atoms with Crippen molar-refractivity contribution >= 4 is 30.4 Å². The Labute approximate surface area is 185 Å². The number of thioether (sulfide) groups is 1. The fourth-order valence-corrected chi connectivity index (χ4v) is 3.22. The summed E-state index contributed by atoms with van der Waals surface area (Å²) >= 11 is 5.63. The van der Waals surface area contributed by atoms with Gasteiger partial charge in [0.1, 0.15) is 11.6 Å². The molecule has 2 N–H and O–H groups in total. The van der Waals surface area contributed by atoms with Crippen LogP contribution in [0.1, 0.15) is 5.56 Å². The van der Waals surface area contributed by atoms with Crippen molar-refractivity contribution in [3.05, 3.63) is 78.1 Å². The van der Waals surface area contributed by atoms with Crippen molar-refractivity contribution < 1.29 is 19.0 Å². The maximum Gasteiger partial charge on any atom is 0.341 e. The van der Waals surface area contributed by atoms with Crippen molar-refractivity contribution in [2.24, 2.45) is 0 Å². The highest BCUT2D eigenvalue weighted by Crippen LogP contribution is 2.33. The molecule has 0 aliphatic carbocycles. The number of hydrogen-bond acceptors (Lipinski definition) is 5. The minimum Gasteiger partial charge on any atom is -0.481 e. The van der Waals surface area contributed by atoms with Crippen LogP contribution in [0, 0.1) is 5.82 Å². The first-order chi connectivity index (χ1) is 14.4. The number of ether oxygens (including phenoxy) is 1. The molecule has 0 aromatic heterocycles. The zero-order valence-corrected chi connectivity index (χ0v) is 18.5. The number of carbonyl (C=O) groups is 1. The van der Waals surface area contributed by atoms with Crippen molar-refractivity contribution in [2.75, 3.05) is 19.9 Å². The quantitative estimate of drug-likeness (QED) is 0.337. The van der Waals surface area contributed by atoms with Crippen LogP contribution >= 0.6 is 24.4 Å². The molecule has 158 valence electrons. The monoisotopic (exact) mass is 445 g/mol. The third kappa shape index (κ3) is 7.74. The van der Waals surface area contributed by atoms with E-state index in [1.807, 2.05) is 49.7 Å². The van der Waals surface area contributed by atoms with Gasteiger partial charge in [-0.25, -0.2) is 9.18 Å². The van der Waals surface area contributed by atoms with Gasteiger partial charge < -0.3 is 15.2 Å².